The molecular weight excluding hydrogens is 174 g/mol. The second kappa shape index (κ2) is 5.50. The maximum absolute atomic E-state index is 12.0. The Morgan fingerprint density at radius 3 is 2.85 bits per heavy atom. The first-order valence-electron chi connectivity index (χ1n) is 4.93. The molecule has 0 aromatic heterocycles. The topological polar surface area (TPSA) is 29.3 Å². The van der Waals surface area contributed by atoms with E-state index in [-0.39, 0.29) is 6.54 Å². The third-order valence-corrected chi connectivity index (χ3v) is 2.58. The minimum absolute atomic E-state index is 0.0564. The first-order chi connectivity index (χ1) is 6.22. The smallest absolute Gasteiger partial charge is 0.251 e. The van der Waals surface area contributed by atoms with Gasteiger partial charge in [-0.2, -0.15) is 0 Å². The Morgan fingerprint density at radius 2 is 2.23 bits per heavy atom. The Kier molecular flexibility index (Phi) is 4.59. The molecule has 1 aliphatic rings. The quantitative estimate of drug-likeness (QED) is 0.711. The van der Waals surface area contributed by atoms with E-state index < -0.39 is 6.43 Å². The van der Waals surface area contributed by atoms with Gasteiger partial charge >= 0.3 is 0 Å². The van der Waals surface area contributed by atoms with Crippen molar-refractivity contribution in [1.82, 2.24) is 4.90 Å². The molecule has 1 atom stereocenters. The summed E-state index contributed by atoms with van der Waals surface area (Å²) >= 11 is 0. The summed E-state index contributed by atoms with van der Waals surface area (Å²) in [7, 11) is 0. The van der Waals surface area contributed by atoms with Gasteiger partial charge in [0.2, 0.25) is 0 Å². The fraction of sp³-hybridized carbons (Fsp3) is 1.00. The van der Waals surface area contributed by atoms with Crippen LogP contribution < -0.4 is 5.73 Å². The van der Waals surface area contributed by atoms with Crippen LogP contribution in [0.3, 0.4) is 0 Å². The van der Waals surface area contributed by atoms with Crippen LogP contribution in [0.5, 0.6) is 0 Å². The number of hydrogen-bond acceptors (Lipinski definition) is 2. The fourth-order valence-electron chi connectivity index (χ4n) is 1.92. The molecule has 0 bridgehead atoms. The van der Waals surface area contributed by atoms with Crippen molar-refractivity contribution in [3.63, 3.8) is 0 Å². The van der Waals surface area contributed by atoms with Gasteiger partial charge in [0, 0.05) is 6.54 Å². The zero-order valence-electron chi connectivity index (χ0n) is 7.88. The molecule has 0 spiro atoms. The van der Waals surface area contributed by atoms with Crippen LogP contribution in [0.1, 0.15) is 19.3 Å². The highest BCUT2D eigenvalue weighted by molar-refractivity contribution is 4.75. The van der Waals surface area contributed by atoms with Gasteiger partial charge in [0.15, 0.2) is 0 Å². The second-order valence-corrected chi connectivity index (χ2v) is 3.74. The first-order valence-corrected chi connectivity index (χ1v) is 4.93. The average Bonchev–Trinajstić information content (AvgIpc) is 2.48. The minimum atomic E-state index is -2.19. The zero-order chi connectivity index (χ0) is 9.68. The molecule has 0 aliphatic carbocycles. The van der Waals surface area contributed by atoms with Crippen LogP contribution in [0.2, 0.25) is 0 Å². The van der Waals surface area contributed by atoms with Crippen LogP contribution in [-0.2, 0) is 0 Å². The number of halogens is 2. The normalized spacial score (nSPS) is 24.5. The van der Waals surface area contributed by atoms with Crippen molar-refractivity contribution in [2.45, 2.75) is 25.7 Å². The van der Waals surface area contributed by atoms with Gasteiger partial charge in [-0.25, -0.2) is 8.78 Å². The predicted molar refractivity (Wildman–Crippen MR) is 48.8 cm³/mol. The van der Waals surface area contributed by atoms with Gasteiger partial charge in [-0.15, -0.1) is 0 Å². The number of hydrogen-bond donors (Lipinski definition) is 1. The summed E-state index contributed by atoms with van der Waals surface area (Å²) < 4.78 is 24.0. The van der Waals surface area contributed by atoms with Gasteiger partial charge in [0.1, 0.15) is 0 Å². The second-order valence-electron chi connectivity index (χ2n) is 3.74. The Hall–Kier alpha value is -0.220. The molecule has 1 unspecified atom stereocenters. The molecule has 1 fully saturated rings. The van der Waals surface area contributed by atoms with E-state index in [4.69, 9.17) is 5.73 Å². The van der Waals surface area contributed by atoms with Gasteiger partial charge in [-0.05, 0) is 38.3 Å². The molecule has 1 heterocycles. The summed E-state index contributed by atoms with van der Waals surface area (Å²) in [5.41, 5.74) is 5.39. The molecule has 1 rings (SSSR count). The highest BCUT2D eigenvalue weighted by Crippen LogP contribution is 2.21. The van der Waals surface area contributed by atoms with Crippen LogP contribution in [-0.4, -0.2) is 37.5 Å². The summed E-state index contributed by atoms with van der Waals surface area (Å²) in [6, 6.07) is 0. The zero-order valence-corrected chi connectivity index (χ0v) is 7.88. The molecule has 2 nitrogen and oxygen atoms in total. The molecule has 0 aromatic carbocycles. The number of rotatable bonds is 5. The summed E-state index contributed by atoms with van der Waals surface area (Å²) in [4.78, 5) is 1.85. The minimum Gasteiger partial charge on any atom is -0.330 e. The molecule has 78 valence electrons. The van der Waals surface area contributed by atoms with E-state index >= 15 is 0 Å². The SMILES string of the molecule is NCCCC1CCN(CC(F)F)C1. The lowest BCUT2D eigenvalue weighted by Gasteiger charge is -2.14. The summed E-state index contributed by atoms with van der Waals surface area (Å²) in [5, 5.41) is 0. The van der Waals surface area contributed by atoms with Gasteiger partial charge in [-0.3, -0.25) is 4.90 Å². The van der Waals surface area contributed by atoms with Crippen LogP contribution in [0.15, 0.2) is 0 Å². The van der Waals surface area contributed by atoms with E-state index in [9.17, 15) is 8.78 Å². The van der Waals surface area contributed by atoms with E-state index in [1.807, 2.05) is 4.90 Å². The molecule has 4 heteroatoms. The van der Waals surface area contributed by atoms with Crippen molar-refractivity contribution in [2.24, 2.45) is 11.7 Å². The molecule has 0 radical (unpaired) electrons. The van der Waals surface area contributed by atoms with Gasteiger partial charge in [0.05, 0.1) is 6.54 Å². The monoisotopic (exact) mass is 192 g/mol. The van der Waals surface area contributed by atoms with Crippen LogP contribution in [0.4, 0.5) is 8.78 Å². The Morgan fingerprint density at radius 1 is 1.46 bits per heavy atom. The summed E-state index contributed by atoms with van der Waals surface area (Å²) in [6.07, 6.45) is 0.990. The van der Waals surface area contributed by atoms with Crippen molar-refractivity contribution in [3.8, 4) is 0 Å². The van der Waals surface area contributed by atoms with E-state index in [1.54, 1.807) is 0 Å². The van der Waals surface area contributed by atoms with Crippen molar-refractivity contribution < 1.29 is 8.78 Å². The largest absolute Gasteiger partial charge is 0.330 e. The van der Waals surface area contributed by atoms with E-state index in [1.165, 1.54) is 0 Å². The van der Waals surface area contributed by atoms with Crippen molar-refractivity contribution >= 4 is 0 Å². The molecule has 0 aromatic rings. The highest BCUT2D eigenvalue weighted by Gasteiger charge is 2.23. The molecule has 13 heavy (non-hydrogen) atoms. The average molecular weight is 192 g/mol. The van der Waals surface area contributed by atoms with Crippen LogP contribution in [0, 0.1) is 5.92 Å². The molecule has 0 amide bonds. The predicted octanol–water partition coefficient (Wildman–Crippen LogP) is 1.31. The lowest BCUT2D eigenvalue weighted by Crippen LogP contribution is -2.26. The number of nitrogens with zero attached hydrogens (tertiary/aromatic N) is 1. The number of alkyl halides is 2. The fourth-order valence-corrected chi connectivity index (χ4v) is 1.92. The summed E-state index contributed by atoms with van der Waals surface area (Å²) in [5.74, 6) is 0.599. The maximum Gasteiger partial charge on any atom is 0.251 e. The molecule has 0 saturated carbocycles. The van der Waals surface area contributed by atoms with Crippen LogP contribution in [0.25, 0.3) is 0 Å². The van der Waals surface area contributed by atoms with E-state index in [2.05, 4.69) is 0 Å². The third kappa shape index (κ3) is 4.00. The lowest BCUT2D eigenvalue weighted by atomic mass is 10.0. The van der Waals surface area contributed by atoms with Crippen molar-refractivity contribution in [3.05, 3.63) is 0 Å². The van der Waals surface area contributed by atoms with Gasteiger partial charge in [-0.1, -0.05) is 0 Å². The molecule has 1 saturated heterocycles. The van der Waals surface area contributed by atoms with Crippen molar-refractivity contribution in [2.75, 3.05) is 26.2 Å². The Balaban J connectivity index is 2.12. The maximum atomic E-state index is 12.0. The molecular formula is C9H18F2N2. The first kappa shape index (κ1) is 10.9. The van der Waals surface area contributed by atoms with E-state index in [0.29, 0.717) is 12.5 Å². The highest BCUT2D eigenvalue weighted by atomic mass is 19.3. The Labute approximate surface area is 78.1 Å². The number of nitrogens with two attached hydrogens (primary N) is 1. The van der Waals surface area contributed by atoms with Gasteiger partial charge in [0.25, 0.3) is 6.43 Å². The van der Waals surface area contributed by atoms with Gasteiger partial charge < -0.3 is 5.73 Å². The lowest BCUT2D eigenvalue weighted by molar-refractivity contribution is 0.0977. The Bertz CT molecular complexity index is 142. The van der Waals surface area contributed by atoms with Crippen molar-refractivity contribution in [1.29, 1.82) is 0 Å². The van der Waals surface area contributed by atoms with Crippen LogP contribution >= 0.6 is 0 Å². The van der Waals surface area contributed by atoms with E-state index in [0.717, 1.165) is 32.4 Å². The standard InChI is InChI=1S/C9H18F2N2/c10-9(11)7-13-5-3-8(6-13)2-1-4-12/h8-9H,1-7,12H2. The summed E-state index contributed by atoms with van der Waals surface area (Å²) in [6.45, 7) is 2.33. The molecule has 2 N–H and O–H groups in total. The number of likely N-dealkylation sites (tertiary alicyclic amines) is 1. The molecule has 1 aliphatic heterocycles. The third-order valence-electron chi connectivity index (χ3n) is 2.58.